The third-order valence-corrected chi connectivity index (χ3v) is 11.1. The Balaban J connectivity index is 1.15. The summed E-state index contributed by atoms with van der Waals surface area (Å²) >= 11 is 0. The van der Waals surface area contributed by atoms with E-state index in [4.69, 9.17) is 4.98 Å². The highest BCUT2D eigenvalue weighted by Crippen LogP contribution is 2.64. The predicted molar refractivity (Wildman–Crippen MR) is 210 cm³/mol. The molecule has 11 rings (SSSR count). The molecule has 0 N–H and O–H groups in total. The maximum atomic E-state index is 5.36. The van der Waals surface area contributed by atoms with Crippen molar-refractivity contribution in [3.8, 4) is 55.9 Å². The molecule has 2 heteroatoms. The normalized spacial score (nSPS) is 13.3. The maximum Gasteiger partial charge on any atom is 0.0788 e. The highest BCUT2D eigenvalue weighted by Gasteiger charge is 2.52. The molecule has 0 aliphatic heterocycles. The van der Waals surface area contributed by atoms with Crippen molar-refractivity contribution in [2.75, 3.05) is 0 Å². The van der Waals surface area contributed by atoms with Gasteiger partial charge < -0.3 is 0 Å². The predicted octanol–water partition coefficient (Wildman–Crippen LogP) is 12.1. The van der Waals surface area contributed by atoms with Crippen LogP contribution in [0.1, 0.15) is 22.3 Å². The number of hydrogen-bond donors (Lipinski definition) is 0. The Kier molecular flexibility index (Phi) is 5.91. The van der Waals surface area contributed by atoms with Crippen molar-refractivity contribution in [2.24, 2.45) is 0 Å². The number of para-hydroxylation sites is 1. The summed E-state index contributed by atoms with van der Waals surface area (Å²) in [6.07, 6.45) is 1.84. The lowest BCUT2D eigenvalue weighted by Crippen LogP contribution is -2.25. The third-order valence-electron chi connectivity index (χ3n) is 11.1. The van der Waals surface area contributed by atoms with Crippen molar-refractivity contribution < 1.29 is 0 Å². The van der Waals surface area contributed by atoms with Crippen LogP contribution in [0, 0.1) is 0 Å². The van der Waals surface area contributed by atoms with Gasteiger partial charge in [0.2, 0.25) is 0 Å². The molecule has 0 unspecified atom stereocenters. The summed E-state index contributed by atoms with van der Waals surface area (Å²) in [6, 6.07) is 64.0. The molecule has 2 aliphatic carbocycles. The van der Waals surface area contributed by atoms with E-state index >= 15 is 0 Å². The van der Waals surface area contributed by atoms with E-state index in [1.807, 2.05) is 18.3 Å². The van der Waals surface area contributed by atoms with Crippen molar-refractivity contribution in [2.45, 2.75) is 5.41 Å². The Morgan fingerprint density at radius 2 is 1.02 bits per heavy atom. The van der Waals surface area contributed by atoms with Crippen LogP contribution in [0.3, 0.4) is 0 Å². The number of hydrogen-bond acceptors (Lipinski definition) is 2. The van der Waals surface area contributed by atoms with Crippen LogP contribution in [-0.4, -0.2) is 9.97 Å². The summed E-state index contributed by atoms with van der Waals surface area (Å²) in [7, 11) is 0. The van der Waals surface area contributed by atoms with E-state index < -0.39 is 0 Å². The first-order valence-electron chi connectivity index (χ1n) is 17.6. The van der Waals surface area contributed by atoms with Crippen molar-refractivity contribution in [3.63, 3.8) is 0 Å². The number of aromatic nitrogens is 2. The Hall–Kier alpha value is -6.64. The fourth-order valence-electron chi connectivity index (χ4n) is 9.06. The molecule has 0 atom stereocenters. The van der Waals surface area contributed by atoms with Crippen molar-refractivity contribution in [1.29, 1.82) is 0 Å². The van der Waals surface area contributed by atoms with Gasteiger partial charge in [0.15, 0.2) is 0 Å². The molecule has 2 nitrogen and oxygen atoms in total. The van der Waals surface area contributed by atoms with Crippen LogP contribution in [0.15, 0.2) is 182 Å². The number of pyridine rings is 2. The Morgan fingerprint density at radius 3 is 1.76 bits per heavy atom. The molecule has 2 aliphatic rings. The second-order valence-electron chi connectivity index (χ2n) is 13.6. The van der Waals surface area contributed by atoms with Crippen LogP contribution in [0.4, 0.5) is 0 Å². The van der Waals surface area contributed by atoms with Gasteiger partial charge in [0.05, 0.1) is 22.3 Å². The summed E-state index contributed by atoms with van der Waals surface area (Å²) in [6.45, 7) is 0. The SMILES string of the molecule is c1ccc(-c2cccc(-c3ccc(-c4nc5ccccc5c5c6c(ccc45)C4(c5ccccc5-c5ccccc54)c4ccccc4-6)cc3)c2)nc1. The molecule has 0 amide bonds. The van der Waals surface area contributed by atoms with E-state index in [2.05, 4.69) is 169 Å². The summed E-state index contributed by atoms with van der Waals surface area (Å²) in [5.74, 6) is 0. The monoisotopic (exact) mass is 646 g/mol. The lowest BCUT2D eigenvalue weighted by molar-refractivity contribution is 0.794. The van der Waals surface area contributed by atoms with Gasteiger partial charge in [-0.2, -0.15) is 0 Å². The Labute approximate surface area is 296 Å². The average Bonchev–Trinajstić information content (AvgIpc) is 3.68. The molecule has 0 bridgehead atoms. The smallest absolute Gasteiger partial charge is 0.0788 e. The summed E-state index contributed by atoms with van der Waals surface area (Å²) in [5, 5.41) is 3.62. The maximum absolute atomic E-state index is 5.36. The van der Waals surface area contributed by atoms with Gasteiger partial charge in [0, 0.05) is 33.5 Å². The van der Waals surface area contributed by atoms with E-state index in [0.717, 1.165) is 39.2 Å². The van der Waals surface area contributed by atoms with Crippen LogP contribution < -0.4 is 0 Å². The van der Waals surface area contributed by atoms with E-state index in [1.54, 1.807) is 0 Å². The van der Waals surface area contributed by atoms with Gasteiger partial charge in [-0.15, -0.1) is 0 Å². The van der Waals surface area contributed by atoms with Gasteiger partial charge in [0.25, 0.3) is 0 Å². The summed E-state index contributed by atoms with van der Waals surface area (Å²) < 4.78 is 0. The fraction of sp³-hybridized carbons (Fsp3) is 0.0204. The van der Waals surface area contributed by atoms with E-state index in [9.17, 15) is 0 Å². The number of fused-ring (bicyclic) bond motifs is 14. The lowest BCUT2D eigenvalue weighted by atomic mass is 9.70. The van der Waals surface area contributed by atoms with Crippen LogP contribution in [0.25, 0.3) is 77.6 Å². The van der Waals surface area contributed by atoms with E-state index in [0.29, 0.717) is 0 Å². The highest BCUT2D eigenvalue weighted by molar-refractivity contribution is 6.20. The minimum Gasteiger partial charge on any atom is -0.256 e. The quantitative estimate of drug-likeness (QED) is 0.179. The number of nitrogens with zero attached hydrogens (tertiary/aromatic N) is 2. The zero-order valence-corrected chi connectivity index (χ0v) is 27.7. The molecule has 1 spiro atoms. The standard InChI is InChI=1S/C49H30N2/c1-5-18-40-35(14-1)36-15-2-6-19-41(36)49(40)42-20-7-3-16-37(42)47-43(49)28-27-39-46(47)38-17-4-8-22-45(38)51-48(39)32-25-23-31(24-26-32)33-12-11-13-34(30-33)44-21-9-10-29-50-44/h1-30H. The fourth-order valence-corrected chi connectivity index (χ4v) is 9.06. The molecule has 0 fully saturated rings. The van der Waals surface area contributed by atoms with E-state index in [1.165, 1.54) is 60.7 Å². The van der Waals surface area contributed by atoms with Crippen LogP contribution in [0.5, 0.6) is 0 Å². The molecule has 0 saturated carbocycles. The molecular weight excluding hydrogens is 617 g/mol. The molecule has 7 aromatic carbocycles. The van der Waals surface area contributed by atoms with Crippen molar-refractivity contribution in [3.05, 3.63) is 204 Å². The van der Waals surface area contributed by atoms with Crippen molar-refractivity contribution in [1.82, 2.24) is 9.97 Å². The Morgan fingerprint density at radius 1 is 0.392 bits per heavy atom. The summed E-state index contributed by atoms with van der Waals surface area (Å²) in [4.78, 5) is 9.93. The second-order valence-corrected chi connectivity index (χ2v) is 13.6. The van der Waals surface area contributed by atoms with Crippen LogP contribution in [-0.2, 0) is 5.41 Å². The first-order valence-corrected chi connectivity index (χ1v) is 17.6. The largest absolute Gasteiger partial charge is 0.256 e. The van der Waals surface area contributed by atoms with Crippen LogP contribution >= 0.6 is 0 Å². The van der Waals surface area contributed by atoms with Gasteiger partial charge in [-0.1, -0.05) is 152 Å². The average molecular weight is 647 g/mol. The van der Waals surface area contributed by atoms with Crippen molar-refractivity contribution >= 4 is 21.7 Å². The molecular formula is C49H30N2. The van der Waals surface area contributed by atoms with E-state index in [-0.39, 0.29) is 5.41 Å². The minimum absolute atomic E-state index is 0.386. The molecule has 236 valence electrons. The number of rotatable bonds is 3. The molecule has 2 aromatic heterocycles. The van der Waals surface area contributed by atoms with Gasteiger partial charge in [-0.25, -0.2) is 4.98 Å². The Bertz CT molecular complexity index is 2800. The first-order chi connectivity index (χ1) is 25.3. The number of benzene rings is 7. The van der Waals surface area contributed by atoms with Gasteiger partial charge in [0.1, 0.15) is 0 Å². The van der Waals surface area contributed by atoms with Gasteiger partial charge in [-0.05, 0) is 79.9 Å². The zero-order chi connectivity index (χ0) is 33.5. The van der Waals surface area contributed by atoms with Crippen LogP contribution in [0.2, 0.25) is 0 Å². The summed E-state index contributed by atoms with van der Waals surface area (Å²) in [5.41, 5.74) is 17.8. The highest BCUT2D eigenvalue weighted by atomic mass is 14.7. The second kappa shape index (κ2) is 10.7. The van der Waals surface area contributed by atoms with Gasteiger partial charge >= 0.3 is 0 Å². The zero-order valence-electron chi connectivity index (χ0n) is 27.7. The third kappa shape index (κ3) is 3.87. The lowest BCUT2D eigenvalue weighted by Gasteiger charge is -2.30. The molecule has 9 aromatic rings. The first kappa shape index (κ1) is 28.2. The topological polar surface area (TPSA) is 25.8 Å². The molecule has 2 heterocycles. The molecule has 0 saturated heterocycles. The molecule has 51 heavy (non-hydrogen) atoms. The van der Waals surface area contributed by atoms with Gasteiger partial charge in [-0.3, -0.25) is 4.98 Å². The minimum atomic E-state index is -0.386. The molecule has 0 radical (unpaired) electrons.